The van der Waals surface area contributed by atoms with Crippen molar-refractivity contribution in [3.63, 3.8) is 0 Å². The number of rotatable bonds is 3. The van der Waals surface area contributed by atoms with Crippen LogP contribution < -0.4 is 10.5 Å². The molecule has 5 aromatic rings. The van der Waals surface area contributed by atoms with Crippen LogP contribution in [0.3, 0.4) is 0 Å². The number of fused-ring (bicyclic) bond motifs is 2. The molecule has 28 heavy (non-hydrogen) atoms. The number of aryl methyl sites for hydroxylation is 1. The van der Waals surface area contributed by atoms with Crippen molar-refractivity contribution >= 4 is 22.2 Å². The van der Waals surface area contributed by atoms with E-state index in [9.17, 15) is 0 Å². The van der Waals surface area contributed by atoms with E-state index in [2.05, 4.69) is 55.8 Å². The third-order valence-electron chi connectivity index (χ3n) is 4.78. The molecular formula is C19H16N8O. The first kappa shape index (κ1) is 16.2. The van der Waals surface area contributed by atoms with E-state index in [1.807, 2.05) is 12.1 Å². The summed E-state index contributed by atoms with van der Waals surface area (Å²) in [7, 11) is 1.64. The summed E-state index contributed by atoms with van der Waals surface area (Å²) >= 11 is 0. The molecule has 2 aromatic carbocycles. The lowest BCUT2D eigenvalue weighted by Gasteiger charge is -2.15. The lowest BCUT2D eigenvalue weighted by Crippen LogP contribution is -2.04. The van der Waals surface area contributed by atoms with Crippen molar-refractivity contribution in [3.8, 4) is 28.3 Å². The molecule has 0 spiro atoms. The van der Waals surface area contributed by atoms with Gasteiger partial charge in [-0.1, -0.05) is 29.8 Å². The molecular weight excluding hydrogens is 356 g/mol. The molecule has 0 amide bonds. The molecule has 0 unspecified atom stereocenters. The molecule has 9 heteroatoms. The van der Waals surface area contributed by atoms with Gasteiger partial charge in [0.2, 0.25) is 5.82 Å². The summed E-state index contributed by atoms with van der Waals surface area (Å²) < 4.78 is 7.20. The van der Waals surface area contributed by atoms with Crippen LogP contribution in [0, 0.1) is 6.92 Å². The van der Waals surface area contributed by atoms with Crippen LogP contribution in [0.1, 0.15) is 5.56 Å². The number of methoxy groups -OCH3 is 1. The van der Waals surface area contributed by atoms with Gasteiger partial charge in [-0.2, -0.15) is 14.8 Å². The Balaban J connectivity index is 1.79. The lowest BCUT2D eigenvalue weighted by atomic mass is 9.97. The predicted molar refractivity (Wildman–Crippen MR) is 105 cm³/mol. The van der Waals surface area contributed by atoms with Crippen LogP contribution in [0.4, 0.5) is 5.82 Å². The minimum absolute atomic E-state index is 0.410. The first-order chi connectivity index (χ1) is 13.7. The summed E-state index contributed by atoms with van der Waals surface area (Å²) in [4.78, 5) is 4.58. The first-order valence-corrected chi connectivity index (χ1v) is 8.61. The summed E-state index contributed by atoms with van der Waals surface area (Å²) in [6.07, 6.45) is 3.35. The summed E-state index contributed by atoms with van der Waals surface area (Å²) in [6.45, 7) is 2.06. The molecule has 0 saturated carbocycles. The number of aromatic amines is 1. The molecule has 138 valence electrons. The average molecular weight is 372 g/mol. The van der Waals surface area contributed by atoms with Crippen LogP contribution in [-0.2, 0) is 0 Å². The predicted octanol–water partition coefficient (Wildman–Crippen LogP) is 2.63. The van der Waals surface area contributed by atoms with Crippen LogP contribution >= 0.6 is 0 Å². The number of ether oxygens (including phenoxy) is 1. The van der Waals surface area contributed by atoms with Crippen molar-refractivity contribution in [2.24, 2.45) is 0 Å². The van der Waals surface area contributed by atoms with Crippen molar-refractivity contribution in [1.82, 2.24) is 35.2 Å². The minimum Gasteiger partial charge on any atom is -0.496 e. The maximum Gasteiger partial charge on any atom is 0.210 e. The zero-order valence-corrected chi connectivity index (χ0v) is 15.2. The van der Waals surface area contributed by atoms with Crippen molar-refractivity contribution in [1.29, 1.82) is 0 Å². The molecule has 0 bridgehead atoms. The normalized spacial score (nSPS) is 11.4. The van der Waals surface area contributed by atoms with Gasteiger partial charge in [0.1, 0.15) is 11.6 Å². The van der Waals surface area contributed by atoms with E-state index in [4.69, 9.17) is 10.5 Å². The Labute approximate surface area is 159 Å². The van der Waals surface area contributed by atoms with E-state index in [1.54, 1.807) is 24.0 Å². The number of anilines is 1. The monoisotopic (exact) mass is 372 g/mol. The quantitative estimate of drug-likeness (QED) is 0.499. The number of benzene rings is 2. The number of aromatic nitrogens is 7. The van der Waals surface area contributed by atoms with Crippen LogP contribution in [0.2, 0.25) is 0 Å². The molecule has 0 aliphatic heterocycles. The molecule has 9 nitrogen and oxygen atoms in total. The van der Waals surface area contributed by atoms with Crippen LogP contribution in [0.25, 0.3) is 38.9 Å². The SMILES string of the molecule is COc1ccc2cc(C)ccc2c1-c1cnc2c(-c3nn[nH]n3)cnn2c1N. The molecule has 0 aliphatic rings. The highest BCUT2D eigenvalue weighted by molar-refractivity contribution is 6.02. The fraction of sp³-hybridized carbons (Fsp3) is 0.105. The standard InChI is InChI=1S/C19H16N8O/c1-10-3-5-12-11(7-10)4-6-15(28-2)16(12)13-8-21-19-14(18-23-25-26-24-18)9-22-27(19)17(13)20/h3-9H,20H2,1-2H3,(H,23,24,25,26). The second kappa shape index (κ2) is 6.02. The zero-order chi connectivity index (χ0) is 19.3. The molecule has 0 atom stereocenters. The number of hydrogen-bond acceptors (Lipinski definition) is 7. The molecule has 0 fully saturated rings. The highest BCUT2D eigenvalue weighted by atomic mass is 16.5. The molecule has 0 aliphatic carbocycles. The Morgan fingerprint density at radius 1 is 1.11 bits per heavy atom. The topological polar surface area (TPSA) is 120 Å². The van der Waals surface area contributed by atoms with E-state index in [1.165, 1.54) is 5.56 Å². The summed E-state index contributed by atoms with van der Waals surface area (Å²) in [5.41, 5.74) is 10.5. The summed E-state index contributed by atoms with van der Waals surface area (Å²) in [5, 5.41) is 20.5. The lowest BCUT2D eigenvalue weighted by molar-refractivity contribution is 0.417. The zero-order valence-electron chi connectivity index (χ0n) is 15.2. The van der Waals surface area contributed by atoms with Gasteiger partial charge in [-0.05, 0) is 29.0 Å². The number of nitrogens with two attached hydrogens (primary N) is 1. The number of nitrogen functional groups attached to an aromatic ring is 1. The maximum absolute atomic E-state index is 6.50. The summed E-state index contributed by atoms with van der Waals surface area (Å²) in [6, 6.07) is 10.2. The smallest absolute Gasteiger partial charge is 0.210 e. The van der Waals surface area contributed by atoms with Gasteiger partial charge in [0.15, 0.2) is 5.65 Å². The number of nitrogens with one attached hydrogen (secondary N) is 1. The molecule has 0 saturated heterocycles. The van der Waals surface area contributed by atoms with E-state index in [0.29, 0.717) is 22.9 Å². The Bertz CT molecular complexity index is 1320. The fourth-order valence-electron chi connectivity index (χ4n) is 3.45. The van der Waals surface area contributed by atoms with E-state index >= 15 is 0 Å². The van der Waals surface area contributed by atoms with Crippen LogP contribution in [0.15, 0.2) is 42.7 Å². The van der Waals surface area contributed by atoms with Crippen molar-refractivity contribution in [2.45, 2.75) is 6.92 Å². The van der Waals surface area contributed by atoms with Gasteiger partial charge in [0.25, 0.3) is 0 Å². The highest BCUT2D eigenvalue weighted by Gasteiger charge is 2.19. The van der Waals surface area contributed by atoms with Gasteiger partial charge in [-0.15, -0.1) is 10.2 Å². The molecule has 3 aromatic heterocycles. The van der Waals surface area contributed by atoms with Gasteiger partial charge in [0, 0.05) is 17.3 Å². The van der Waals surface area contributed by atoms with Gasteiger partial charge >= 0.3 is 0 Å². The van der Waals surface area contributed by atoms with Gasteiger partial charge in [0.05, 0.1) is 18.9 Å². The Morgan fingerprint density at radius 3 is 2.79 bits per heavy atom. The van der Waals surface area contributed by atoms with Crippen LogP contribution in [0.5, 0.6) is 5.75 Å². The van der Waals surface area contributed by atoms with E-state index in [0.717, 1.165) is 27.6 Å². The first-order valence-electron chi connectivity index (χ1n) is 8.61. The second-order valence-corrected chi connectivity index (χ2v) is 6.45. The van der Waals surface area contributed by atoms with E-state index in [-0.39, 0.29) is 0 Å². The third kappa shape index (κ3) is 2.29. The van der Waals surface area contributed by atoms with Crippen molar-refractivity contribution in [3.05, 3.63) is 48.3 Å². The van der Waals surface area contributed by atoms with Crippen molar-refractivity contribution in [2.75, 3.05) is 12.8 Å². The molecule has 0 radical (unpaired) electrons. The Kier molecular flexibility index (Phi) is 3.48. The minimum atomic E-state index is 0.410. The molecule has 3 heterocycles. The third-order valence-corrected chi connectivity index (χ3v) is 4.78. The van der Waals surface area contributed by atoms with Gasteiger partial charge < -0.3 is 10.5 Å². The van der Waals surface area contributed by atoms with Gasteiger partial charge in [-0.25, -0.2) is 4.98 Å². The fourth-order valence-corrected chi connectivity index (χ4v) is 3.45. The molecule has 3 N–H and O–H groups in total. The largest absolute Gasteiger partial charge is 0.496 e. The molecule has 5 rings (SSSR count). The van der Waals surface area contributed by atoms with Gasteiger partial charge in [-0.3, -0.25) is 0 Å². The van der Waals surface area contributed by atoms with Crippen molar-refractivity contribution < 1.29 is 4.74 Å². The Morgan fingerprint density at radius 2 is 2.00 bits per heavy atom. The average Bonchev–Trinajstić information content (AvgIpc) is 3.37. The number of nitrogens with zero attached hydrogens (tertiary/aromatic N) is 6. The number of H-pyrrole nitrogens is 1. The second-order valence-electron chi connectivity index (χ2n) is 6.45. The van der Waals surface area contributed by atoms with E-state index < -0.39 is 0 Å². The number of hydrogen-bond donors (Lipinski definition) is 2. The Hall–Kier alpha value is -4.01. The van der Waals surface area contributed by atoms with Crippen LogP contribution in [-0.4, -0.2) is 42.3 Å². The number of tetrazole rings is 1. The maximum atomic E-state index is 6.50. The summed E-state index contributed by atoms with van der Waals surface area (Å²) in [5.74, 6) is 1.58. The highest BCUT2D eigenvalue weighted by Crippen LogP contribution is 2.40.